The molecule has 0 aromatic rings. The molecule has 4 N–H and O–H groups in total. The summed E-state index contributed by atoms with van der Waals surface area (Å²) < 4.78 is 0. The van der Waals surface area contributed by atoms with Gasteiger partial charge in [-0.15, -0.1) is 0 Å². The van der Waals surface area contributed by atoms with Gasteiger partial charge in [0.2, 0.25) is 0 Å². The highest BCUT2D eigenvalue weighted by Crippen LogP contribution is 1.99. The van der Waals surface area contributed by atoms with Gasteiger partial charge in [-0.2, -0.15) is 0 Å². The van der Waals surface area contributed by atoms with Crippen LogP contribution in [-0.2, 0) is 0 Å². The van der Waals surface area contributed by atoms with E-state index in [0.717, 1.165) is 13.0 Å². The predicted molar refractivity (Wildman–Crippen MR) is 51.1 cm³/mol. The molecular weight excluding hydrogens is 154 g/mol. The van der Waals surface area contributed by atoms with Crippen LogP contribution in [0.15, 0.2) is 4.99 Å². The van der Waals surface area contributed by atoms with Crippen molar-refractivity contribution < 1.29 is 5.11 Å². The second-order valence-corrected chi connectivity index (χ2v) is 3.44. The maximum absolute atomic E-state index is 9.30. The normalized spacial score (nSPS) is 13.2. The maximum Gasteiger partial charge on any atom is 0.188 e. The third-order valence-electron chi connectivity index (χ3n) is 1.19. The molecule has 72 valence electrons. The van der Waals surface area contributed by atoms with Crippen LogP contribution < -0.4 is 11.1 Å². The average Bonchev–Trinajstić information content (AvgIpc) is 1.95. The Labute approximate surface area is 73.9 Å². The summed E-state index contributed by atoms with van der Waals surface area (Å²) in [6.45, 7) is 6.60. The SMILES string of the molecule is CCCNC(N)=NCC(C)(C)O. The van der Waals surface area contributed by atoms with Crippen LogP contribution in [0.5, 0.6) is 0 Å². The first kappa shape index (κ1) is 11.2. The second kappa shape index (κ2) is 4.98. The van der Waals surface area contributed by atoms with Gasteiger partial charge in [0.05, 0.1) is 12.1 Å². The summed E-state index contributed by atoms with van der Waals surface area (Å²) in [5, 5.41) is 12.2. The average molecular weight is 173 g/mol. The van der Waals surface area contributed by atoms with Crippen molar-refractivity contribution in [1.82, 2.24) is 5.32 Å². The molecule has 0 saturated heterocycles. The van der Waals surface area contributed by atoms with Gasteiger partial charge in [-0.1, -0.05) is 6.92 Å². The summed E-state index contributed by atoms with van der Waals surface area (Å²) in [7, 11) is 0. The number of nitrogens with one attached hydrogen (secondary N) is 1. The van der Waals surface area contributed by atoms with Crippen LogP contribution in [0.25, 0.3) is 0 Å². The van der Waals surface area contributed by atoms with Crippen LogP contribution in [-0.4, -0.2) is 29.8 Å². The molecule has 0 bridgehead atoms. The van der Waals surface area contributed by atoms with E-state index in [9.17, 15) is 5.11 Å². The van der Waals surface area contributed by atoms with Gasteiger partial charge in [-0.3, -0.25) is 4.99 Å². The maximum atomic E-state index is 9.30. The summed E-state index contributed by atoms with van der Waals surface area (Å²) in [5.41, 5.74) is 4.72. The molecule has 0 radical (unpaired) electrons. The van der Waals surface area contributed by atoms with Crippen molar-refractivity contribution in [3.8, 4) is 0 Å². The first-order valence-corrected chi connectivity index (χ1v) is 4.22. The Bertz CT molecular complexity index is 149. The van der Waals surface area contributed by atoms with Crippen molar-refractivity contribution in [3.63, 3.8) is 0 Å². The summed E-state index contributed by atoms with van der Waals surface area (Å²) >= 11 is 0. The van der Waals surface area contributed by atoms with Crippen molar-refractivity contribution >= 4 is 5.96 Å². The van der Waals surface area contributed by atoms with Crippen molar-refractivity contribution in [2.45, 2.75) is 32.8 Å². The van der Waals surface area contributed by atoms with Crippen LogP contribution in [0.2, 0.25) is 0 Å². The molecule has 0 aliphatic rings. The number of aliphatic hydroxyl groups is 1. The van der Waals surface area contributed by atoms with E-state index in [1.54, 1.807) is 13.8 Å². The number of aliphatic imine (C=N–C) groups is 1. The molecule has 0 aliphatic heterocycles. The Morgan fingerprint density at radius 1 is 1.58 bits per heavy atom. The number of nitrogens with two attached hydrogens (primary N) is 1. The van der Waals surface area contributed by atoms with Gasteiger partial charge in [-0.25, -0.2) is 0 Å². The lowest BCUT2D eigenvalue weighted by molar-refractivity contribution is 0.0903. The molecule has 0 rings (SSSR count). The molecule has 0 saturated carbocycles. The number of guanidine groups is 1. The van der Waals surface area contributed by atoms with Crippen LogP contribution >= 0.6 is 0 Å². The van der Waals surface area contributed by atoms with Crippen molar-refractivity contribution in [2.75, 3.05) is 13.1 Å². The highest BCUT2D eigenvalue weighted by Gasteiger charge is 2.10. The van der Waals surface area contributed by atoms with Gasteiger partial charge < -0.3 is 16.2 Å². The predicted octanol–water partition coefficient (Wildman–Crippen LogP) is 0.0716. The van der Waals surface area contributed by atoms with Crippen LogP contribution in [0.3, 0.4) is 0 Å². The van der Waals surface area contributed by atoms with E-state index >= 15 is 0 Å². The number of nitrogens with zero attached hydrogens (tertiary/aromatic N) is 1. The van der Waals surface area contributed by atoms with E-state index in [-0.39, 0.29) is 0 Å². The van der Waals surface area contributed by atoms with Crippen LogP contribution in [0.1, 0.15) is 27.2 Å². The second-order valence-electron chi connectivity index (χ2n) is 3.44. The summed E-state index contributed by atoms with van der Waals surface area (Å²) in [5.74, 6) is 0.402. The molecule has 0 heterocycles. The standard InChI is InChI=1S/C8H19N3O/c1-4-5-10-7(9)11-6-8(2,3)12/h12H,4-6H2,1-3H3,(H3,9,10,11). The Hall–Kier alpha value is -0.770. The fourth-order valence-electron chi connectivity index (χ4n) is 0.588. The Morgan fingerprint density at radius 2 is 2.17 bits per heavy atom. The minimum absolute atomic E-state index is 0.329. The lowest BCUT2D eigenvalue weighted by Gasteiger charge is -2.14. The first-order chi connectivity index (χ1) is 5.45. The molecule has 0 fully saturated rings. The molecule has 12 heavy (non-hydrogen) atoms. The van der Waals surface area contributed by atoms with Gasteiger partial charge in [-0.05, 0) is 20.3 Å². The molecule has 0 aromatic heterocycles. The van der Waals surface area contributed by atoms with Crippen molar-refractivity contribution in [1.29, 1.82) is 0 Å². The fourth-order valence-corrected chi connectivity index (χ4v) is 0.588. The zero-order chi connectivity index (χ0) is 9.61. The van der Waals surface area contributed by atoms with E-state index in [2.05, 4.69) is 17.2 Å². The zero-order valence-corrected chi connectivity index (χ0v) is 8.09. The van der Waals surface area contributed by atoms with Crippen molar-refractivity contribution in [2.24, 2.45) is 10.7 Å². The summed E-state index contributed by atoms with van der Waals surface area (Å²) in [6, 6.07) is 0. The third-order valence-corrected chi connectivity index (χ3v) is 1.19. The summed E-state index contributed by atoms with van der Waals surface area (Å²) in [4.78, 5) is 3.97. The molecule has 0 aromatic carbocycles. The monoisotopic (exact) mass is 173 g/mol. The molecule has 0 unspecified atom stereocenters. The minimum atomic E-state index is -0.779. The van der Waals surface area contributed by atoms with E-state index in [1.165, 1.54) is 0 Å². The van der Waals surface area contributed by atoms with Crippen LogP contribution in [0.4, 0.5) is 0 Å². The van der Waals surface area contributed by atoms with Gasteiger partial charge >= 0.3 is 0 Å². The molecular formula is C8H19N3O. The molecule has 0 aliphatic carbocycles. The third kappa shape index (κ3) is 7.34. The Morgan fingerprint density at radius 3 is 2.58 bits per heavy atom. The quantitative estimate of drug-likeness (QED) is 0.416. The first-order valence-electron chi connectivity index (χ1n) is 4.22. The molecule has 0 atom stereocenters. The van der Waals surface area contributed by atoms with E-state index in [4.69, 9.17) is 5.73 Å². The number of rotatable bonds is 4. The lowest BCUT2D eigenvalue weighted by atomic mass is 10.1. The van der Waals surface area contributed by atoms with E-state index in [0.29, 0.717) is 12.5 Å². The molecule has 4 heteroatoms. The largest absolute Gasteiger partial charge is 0.389 e. The van der Waals surface area contributed by atoms with E-state index < -0.39 is 5.60 Å². The molecule has 0 amide bonds. The number of hydrogen-bond acceptors (Lipinski definition) is 2. The topological polar surface area (TPSA) is 70.6 Å². The minimum Gasteiger partial charge on any atom is -0.389 e. The molecule has 4 nitrogen and oxygen atoms in total. The van der Waals surface area contributed by atoms with Crippen LogP contribution in [0, 0.1) is 0 Å². The highest BCUT2D eigenvalue weighted by molar-refractivity contribution is 5.77. The van der Waals surface area contributed by atoms with Gasteiger partial charge in [0.1, 0.15) is 0 Å². The Balaban J connectivity index is 3.69. The Kier molecular flexibility index (Phi) is 4.66. The zero-order valence-electron chi connectivity index (χ0n) is 8.09. The number of hydrogen-bond donors (Lipinski definition) is 3. The lowest BCUT2D eigenvalue weighted by Crippen LogP contribution is -2.34. The highest BCUT2D eigenvalue weighted by atomic mass is 16.3. The summed E-state index contributed by atoms with van der Waals surface area (Å²) in [6.07, 6.45) is 1.01. The van der Waals surface area contributed by atoms with Gasteiger partial charge in [0, 0.05) is 6.54 Å². The van der Waals surface area contributed by atoms with E-state index in [1.807, 2.05) is 0 Å². The fraction of sp³-hybridized carbons (Fsp3) is 0.875. The molecule has 0 spiro atoms. The van der Waals surface area contributed by atoms with Gasteiger partial charge in [0.25, 0.3) is 0 Å². The van der Waals surface area contributed by atoms with Gasteiger partial charge in [0.15, 0.2) is 5.96 Å². The van der Waals surface area contributed by atoms with Crippen molar-refractivity contribution in [3.05, 3.63) is 0 Å². The smallest absolute Gasteiger partial charge is 0.188 e.